The predicted molar refractivity (Wildman–Crippen MR) is 140 cm³/mol. The monoisotopic (exact) mass is 492 g/mol. The third-order valence-corrected chi connectivity index (χ3v) is 6.48. The molecule has 2 aromatic heterocycles. The van der Waals surface area contributed by atoms with Gasteiger partial charge >= 0.3 is 0 Å². The number of H-pyrrole nitrogens is 1. The zero-order valence-electron chi connectivity index (χ0n) is 20.8. The van der Waals surface area contributed by atoms with E-state index in [2.05, 4.69) is 15.5 Å². The number of aliphatic imine (C=N–C) groups is 1. The number of ether oxygens (including phenoxy) is 1. The zero-order chi connectivity index (χ0) is 25.8. The first-order chi connectivity index (χ1) is 17.3. The minimum atomic E-state index is -0.538. The van der Waals surface area contributed by atoms with Crippen LogP contribution in [0.2, 0.25) is 0 Å². The molecule has 1 aromatic carbocycles. The van der Waals surface area contributed by atoms with E-state index in [0.717, 1.165) is 42.2 Å². The van der Waals surface area contributed by atoms with Crippen LogP contribution in [0.4, 0.5) is 11.5 Å². The van der Waals surface area contributed by atoms with Crippen LogP contribution in [-0.4, -0.2) is 47.6 Å². The molecule has 10 nitrogen and oxygen atoms in total. The fourth-order valence-electron chi connectivity index (χ4n) is 4.56. The number of hydrogen-bond acceptors (Lipinski definition) is 8. The summed E-state index contributed by atoms with van der Waals surface area (Å²) in [6.45, 7) is 4.36. The molecule has 36 heavy (non-hydrogen) atoms. The number of nitrogens with two attached hydrogens (primary N) is 2. The van der Waals surface area contributed by atoms with E-state index in [9.17, 15) is 9.59 Å². The normalized spacial score (nSPS) is 18.7. The highest BCUT2D eigenvalue weighted by atomic mass is 16.5. The Morgan fingerprint density at radius 2 is 2.03 bits per heavy atom. The molecule has 0 bridgehead atoms. The number of aromatic amines is 1. The third-order valence-electron chi connectivity index (χ3n) is 6.48. The molecule has 4 rings (SSSR count). The quantitative estimate of drug-likeness (QED) is 0.291. The summed E-state index contributed by atoms with van der Waals surface area (Å²) in [5.74, 6) is 0.453. The number of methoxy groups -OCH3 is 1. The molecule has 6 N–H and O–H groups in total. The van der Waals surface area contributed by atoms with Crippen molar-refractivity contribution in [2.75, 3.05) is 25.2 Å². The van der Waals surface area contributed by atoms with E-state index in [1.54, 1.807) is 13.2 Å². The van der Waals surface area contributed by atoms with Gasteiger partial charge in [0.05, 0.1) is 18.2 Å². The molecule has 3 aromatic rings. The Balaban J connectivity index is 1.66. The Kier molecular flexibility index (Phi) is 7.54. The number of benzene rings is 1. The van der Waals surface area contributed by atoms with Crippen LogP contribution in [0.25, 0.3) is 11.0 Å². The minimum absolute atomic E-state index is 0.0546. The van der Waals surface area contributed by atoms with Crippen molar-refractivity contribution in [3.05, 3.63) is 63.2 Å². The lowest BCUT2D eigenvalue weighted by Crippen LogP contribution is -2.37. The number of amides is 1. The summed E-state index contributed by atoms with van der Waals surface area (Å²) in [5, 5.41) is 10.2. The number of fused-ring (bicyclic) bond motifs is 1. The number of hydrogen-bond donors (Lipinski definition) is 4. The Morgan fingerprint density at radius 1 is 1.28 bits per heavy atom. The van der Waals surface area contributed by atoms with Crippen LogP contribution in [0.5, 0.6) is 0 Å². The van der Waals surface area contributed by atoms with Gasteiger partial charge in [0.1, 0.15) is 17.0 Å². The van der Waals surface area contributed by atoms with Gasteiger partial charge in [-0.25, -0.2) is 5.10 Å². The van der Waals surface area contributed by atoms with Gasteiger partial charge in [0, 0.05) is 30.2 Å². The van der Waals surface area contributed by atoms with Crippen molar-refractivity contribution in [2.45, 2.75) is 51.6 Å². The first-order valence-electron chi connectivity index (χ1n) is 12.0. The minimum Gasteiger partial charge on any atom is -0.454 e. The van der Waals surface area contributed by atoms with E-state index in [0.29, 0.717) is 23.7 Å². The van der Waals surface area contributed by atoms with E-state index in [1.807, 2.05) is 32.0 Å². The molecule has 1 fully saturated rings. The molecule has 10 heteroatoms. The van der Waals surface area contributed by atoms with E-state index < -0.39 is 5.56 Å². The van der Waals surface area contributed by atoms with Crippen molar-refractivity contribution in [3.8, 4) is 0 Å². The fourth-order valence-corrected chi connectivity index (χ4v) is 4.56. The number of rotatable bonds is 7. The van der Waals surface area contributed by atoms with Crippen LogP contribution in [0.3, 0.4) is 0 Å². The average molecular weight is 493 g/mol. The van der Waals surface area contributed by atoms with E-state index in [1.165, 1.54) is 6.08 Å². The molecular formula is C26H32N6O4. The molecule has 0 saturated heterocycles. The van der Waals surface area contributed by atoms with Gasteiger partial charge in [-0.1, -0.05) is 17.7 Å². The van der Waals surface area contributed by atoms with Crippen LogP contribution in [0.1, 0.15) is 48.1 Å². The Labute approximate surface area is 208 Å². The molecule has 1 aliphatic rings. The summed E-state index contributed by atoms with van der Waals surface area (Å²) < 4.78 is 11.2. The second-order valence-corrected chi connectivity index (χ2v) is 9.13. The van der Waals surface area contributed by atoms with Crippen LogP contribution in [0.15, 0.2) is 44.6 Å². The highest BCUT2D eigenvalue weighted by Crippen LogP contribution is 2.32. The van der Waals surface area contributed by atoms with Crippen molar-refractivity contribution in [1.82, 2.24) is 15.5 Å². The number of nitrogens with one attached hydrogen (secondary N) is 2. The summed E-state index contributed by atoms with van der Waals surface area (Å²) in [5.41, 5.74) is 15.2. The van der Waals surface area contributed by atoms with Gasteiger partial charge in [0.15, 0.2) is 11.6 Å². The molecule has 0 unspecified atom stereocenters. The van der Waals surface area contributed by atoms with E-state index >= 15 is 0 Å². The molecule has 0 spiro atoms. The summed E-state index contributed by atoms with van der Waals surface area (Å²) in [6.07, 6.45) is 6.18. The molecule has 190 valence electrons. The number of furan rings is 1. The van der Waals surface area contributed by atoms with Crippen LogP contribution >= 0.6 is 0 Å². The third kappa shape index (κ3) is 5.33. The smallest absolute Gasteiger partial charge is 0.288 e. The number of carbonyl (C=O) groups excluding carboxylic acids is 1. The second-order valence-electron chi connectivity index (χ2n) is 9.13. The van der Waals surface area contributed by atoms with E-state index in [-0.39, 0.29) is 35.1 Å². The molecule has 1 aliphatic carbocycles. The summed E-state index contributed by atoms with van der Waals surface area (Å²) in [4.78, 5) is 29.5. The van der Waals surface area contributed by atoms with Gasteiger partial charge < -0.3 is 25.9 Å². The fraction of sp³-hybridized carbons (Fsp3) is 0.385. The molecule has 0 atom stereocenters. The first-order valence-corrected chi connectivity index (χ1v) is 12.0. The molecule has 1 amide bonds. The number of anilines is 2. The molecule has 2 heterocycles. The maximum absolute atomic E-state index is 12.3. The zero-order valence-corrected chi connectivity index (χ0v) is 20.8. The standard InChI is InChI=1S/C26H32N6O4/c1-14-6-11-19-18(13-14)15(2)24(36-19)23(21-22(27)26(34)32-31-25(21)28)30-17-9-7-16(8-10-17)29-20(33)5-4-12-35-3/h4-6,11,13,16-17H,7-10,12H2,1-3H3,(H,29,33)(H,32,34)(H4,27,28,31)/b5-4+,30-23?. The summed E-state index contributed by atoms with van der Waals surface area (Å²) in [7, 11) is 1.58. The van der Waals surface area contributed by atoms with Crippen molar-refractivity contribution < 1.29 is 13.9 Å². The van der Waals surface area contributed by atoms with Gasteiger partial charge in [-0.2, -0.15) is 5.10 Å². The Bertz CT molecular complexity index is 1380. The number of carbonyl (C=O) groups is 1. The number of nitrogens with zero attached hydrogens (tertiary/aromatic N) is 2. The molecule has 1 saturated carbocycles. The van der Waals surface area contributed by atoms with Crippen LogP contribution in [-0.2, 0) is 9.53 Å². The van der Waals surface area contributed by atoms with Gasteiger partial charge in [-0.3, -0.25) is 14.6 Å². The number of nitrogen functional groups attached to an aromatic ring is 2. The highest BCUT2D eigenvalue weighted by Gasteiger charge is 2.27. The molecule has 0 radical (unpaired) electrons. The van der Waals surface area contributed by atoms with Gasteiger partial charge in [0.2, 0.25) is 5.91 Å². The lowest BCUT2D eigenvalue weighted by molar-refractivity contribution is -0.117. The summed E-state index contributed by atoms with van der Waals surface area (Å²) >= 11 is 0. The van der Waals surface area contributed by atoms with Gasteiger partial charge in [-0.05, 0) is 51.7 Å². The summed E-state index contributed by atoms with van der Waals surface area (Å²) in [6, 6.07) is 5.93. The SMILES string of the molecule is COC/C=C/C(=O)NC1CCC(N=C(c2oc3ccc(C)cc3c2C)c2c(N)n[nH]c(=O)c2N)CC1. The van der Waals surface area contributed by atoms with E-state index in [4.69, 9.17) is 25.6 Å². The first kappa shape index (κ1) is 25.2. The largest absolute Gasteiger partial charge is 0.454 e. The average Bonchev–Trinajstić information content (AvgIpc) is 3.18. The Morgan fingerprint density at radius 3 is 2.75 bits per heavy atom. The van der Waals surface area contributed by atoms with Crippen LogP contribution < -0.4 is 22.3 Å². The highest BCUT2D eigenvalue weighted by molar-refractivity contribution is 6.18. The second kappa shape index (κ2) is 10.8. The van der Waals surface area contributed by atoms with Crippen molar-refractivity contribution in [3.63, 3.8) is 0 Å². The lowest BCUT2D eigenvalue weighted by Gasteiger charge is -2.27. The topological polar surface area (TPSA) is 162 Å². The molecular weight excluding hydrogens is 460 g/mol. The lowest BCUT2D eigenvalue weighted by atomic mass is 9.91. The van der Waals surface area contributed by atoms with Crippen molar-refractivity contribution >= 4 is 34.1 Å². The maximum atomic E-state index is 12.3. The van der Waals surface area contributed by atoms with Crippen molar-refractivity contribution in [2.24, 2.45) is 4.99 Å². The number of aromatic nitrogens is 2. The van der Waals surface area contributed by atoms with Crippen molar-refractivity contribution in [1.29, 1.82) is 0 Å². The molecule has 0 aliphatic heterocycles. The predicted octanol–water partition coefficient (Wildman–Crippen LogP) is 2.76. The van der Waals surface area contributed by atoms with Gasteiger partial charge in [-0.15, -0.1) is 0 Å². The number of aryl methyl sites for hydroxylation is 2. The maximum Gasteiger partial charge on any atom is 0.288 e. The van der Waals surface area contributed by atoms with Crippen LogP contribution in [0, 0.1) is 13.8 Å². The van der Waals surface area contributed by atoms with Gasteiger partial charge in [0.25, 0.3) is 5.56 Å². The Hall–Kier alpha value is -3.92.